The van der Waals surface area contributed by atoms with Crippen molar-refractivity contribution in [3.8, 4) is 0 Å². The zero-order chi connectivity index (χ0) is 7.94. The molecule has 0 aromatic carbocycles. The normalized spacial score (nSPS) is 21.2. The lowest BCUT2D eigenvalue weighted by Gasteiger charge is -2.19. The van der Waals surface area contributed by atoms with E-state index in [1.807, 2.05) is 0 Å². The van der Waals surface area contributed by atoms with Crippen molar-refractivity contribution < 1.29 is 0 Å². The van der Waals surface area contributed by atoms with Gasteiger partial charge in [-0.2, -0.15) is 0 Å². The van der Waals surface area contributed by atoms with Crippen LogP contribution in [0.4, 0.5) is 0 Å². The third-order valence-electron chi connectivity index (χ3n) is 1.70. The molecule has 11 heavy (non-hydrogen) atoms. The maximum Gasteiger partial charge on any atom is 0.0505 e. The summed E-state index contributed by atoms with van der Waals surface area (Å²) in [5.74, 6) is 2.76. The molecule has 0 nitrogen and oxygen atoms in total. The van der Waals surface area contributed by atoms with Crippen molar-refractivity contribution in [3.05, 3.63) is 12.2 Å². The summed E-state index contributed by atoms with van der Waals surface area (Å²) in [4.78, 5) is 0. The van der Waals surface area contributed by atoms with Gasteiger partial charge in [0.15, 0.2) is 0 Å². The molecule has 1 fully saturated rings. The van der Waals surface area contributed by atoms with Crippen molar-refractivity contribution in [3.63, 3.8) is 0 Å². The molecule has 0 aliphatic carbocycles. The quantitative estimate of drug-likeness (QED) is 0.621. The Labute approximate surface area is 78.2 Å². The molecule has 0 N–H and O–H groups in total. The fourth-order valence-corrected chi connectivity index (χ4v) is 4.00. The molecular weight excluding hydrogens is 172 g/mol. The zero-order valence-electron chi connectivity index (χ0n) is 7.08. The molecule has 1 aliphatic heterocycles. The van der Waals surface area contributed by atoms with E-state index in [0.29, 0.717) is 0 Å². The van der Waals surface area contributed by atoms with Gasteiger partial charge in [-0.25, -0.2) is 0 Å². The molecule has 2 heteroatoms. The summed E-state index contributed by atoms with van der Waals surface area (Å²) in [7, 11) is 0. The Balaban J connectivity index is 2.04. The van der Waals surface area contributed by atoms with Crippen molar-refractivity contribution in [2.24, 2.45) is 0 Å². The maximum absolute atomic E-state index is 2.27. The minimum absolute atomic E-state index is 0.889. The van der Waals surface area contributed by atoms with Crippen LogP contribution < -0.4 is 0 Å². The van der Waals surface area contributed by atoms with Gasteiger partial charge < -0.3 is 0 Å². The highest BCUT2D eigenvalue weighted by molar-refractivity contribution is 8.17. The minimum atomic E-state index is 0.889. The molecule has 0 radical (unpaired) electrons. The van der Waals surface area contributed by atoms with Crippen LogP contribution in [0.5, 0.6) is 0 Å². The molecular formula is C9H16S2. The predicted octanol–water partition coefficient (Wildman–Crippen LogP) is 3.54. The monoisotopic (exact) mass is 188 g/mol. The van der Waals surface area contributed by atoms with E-state index in [2.05, 4.69) is 42.6 Å². The third-order valence-corrected chi connectivity index (χ3v) is 4.78. The third kappa shape index (κ3) is 4.12. The highest BCUT2D eigenvalue weighted by Gasteiger charge is 2.12. The average Bonchev–Trinajstić information content (AvgIpc) is 2.07. The highest BCUT2D eigenvalue weighted by atomic mass is 32.2. The molecule has 0 bridgehead atoms. The van der Waals surface area contributed by atoms with Gasteiger partial charge in [0.25, 0.3) is 0 Å². The summed E-state index contributed by atoms with van der Waals surface area (Å²) in [6, 6.07) is 0. The second-order valence-electron chi connectivity index (χ2n) is 2.67. The Hall–Kier alpha value is 0.440. The molecule has 0 atom stereocenters. The van der Waals surface area contributed by atoms with E-state index < -0.39 is 0 Å². The van der Waals surface area contributed by atoms with Gasteiger partial charge in [-0.3, -0.25) is 0 Å². The second-order valence-corrected chi connectivity index (χ2v) is 5.59. The van der Waals surface area contributed by atoms with Gasteiger partial charge in [0.2, 0.25) is 0 Å². The first-order chi connectivity index (χ1) is 5.43. The molecule has 1 aliphatic rings. The van der Waals surface area contributed by atoms with Crippen LogP contribution >= 0.6 is 23.5 Å². The van der Waals surface area contributed by atoms with Crippen LogP contribution in [0.1, 0.15) is 26.2 Å². The summed E-state index contributed by atoms with van der Waals surface area (Å²) in [5.41, 5.74) is 0. The lowest BCUT2D eigenvalue weighted by molar-refractivity contribution is 0.923. The molecule has 0 amide bonds. The zero-order valence-corrected chi connectivity index (χ0v) is 8.72. The van der Waals surface area contributed by atoms with Crippen molar-refractivity contribution in [1.82, 2.24) is 0 Å². The first-order valence-corrected chi connectivity index (χ1v) is 6.37. The van der Waals surface area contributed by atoms with Gasteiger partial charge >= 0.3 is 0 Å². The number of allylic oxidation sites excluding steroid dienone is 2. The molecule has 1 rings (SSSR count). The molecule has 1 saturated heterocycles. The first-order valence-electron chi connectivity index (χ1n) is 4.28. The molecule has 0 unspecified atom stereocenters. The van der Waals surface area contributed by atoms with Crippen molar-refractivity contribution in [2.45, 2.75) is 30.8 Å². The lowest BCUT2D eigenvalue weighted by Crippen LogP contribution is -2.05. The van der Waals surface area contributed by atoms with Crippen LogP contribution in [0.25, 0.3) is 0 Å². The predicted molar refractivity (Wildman–Crippen MR) is 57.4 cm³/mol. The molecule has 0 aromatic heterocycles. The Morgan fingerprint density at radius 1 is 1.36 bits per heavy atom. The standard InChI is InChI=1S/C9H16S2/c1-2-3-4-6-9-10-7-5-8-11-9/h2-3,9H,4-8H2,1H3. The van der Waals surface area contributed by atoms with Gasteiger partial charge in [-0.1, -0.05) is 12.2 Å². The van der Waals surface area contributed by atoms with E-state index in [0.717, 1.165) is 4.58 Å². The van der Waals surface area contributed by atoms with E-state index >= 15 is 0 Å². The summed E-state index contributed by atoms with van der Waals surface area (Å²) >= 11 is 4.29. The van der Waals surface area contributed by atoms with Crippen LogP contribution in [0.2, 0.25) is 0 Å². The molecule has 64 valence electrons. The van der Waals surface area contributed by atoms with Crippen LogP contribution in [-0.2, 0) is 0 Å². The number of thioether (sulfide) groups is 2. The number of rotatable bonds is 3. The Morgan fingerprint density at radius 2 is 2.09 bits per heavy atom. The van der Waals surface area contributed by atoms with Gasteiger partial charge in [-0.05, 0) is 37.7 Å². The highest BCUT2D eigenvalue weighted by Crippen LogP contribution is 2.33. The topological polar surface area (TPSA) is 0 Å². The fraction of sp³-hybridized carbons (Fsp3) is 0.778. The van der Waals surface area contributed by atoms with Crippen LogP contribution in [0, 0.1) is 0 Å². The van der Waals surface area contributed by atoms with Crippen LogP contribution in [-0.4, -0.2) is 16.1 Å². The number of hydrogen-bond acceptors (Lipinski definition) is 2. The summed E-state index contributed by atoms with van der Waals surface area (Å²) < 4.78 is 0.889. The molecule has 1 heterocycles. The van der Waals surface area contributed by atoms with Gasteiger partial charge in [0.1, 0.15) is 0 Å². The van der Waals surface area contributed by atoms with E-state index in [-0.39, 0.29) is 0 Å². The average molecular weight is 188 g/mol. The first kappa shape index (κ1) is 9.53. The summed E-state index contributed by atoms with van der Waals surface area (Å²) in [5, 5.41) is 0. The second kappa shape index (κ2) is 6.01. The maximum atomic E-state index is 2.27. The molecule has 0 aromatic rings. The minimum Gasteiger partial charge on any atom is -0.148 e. The van der Waals surface area contributed by atoms with Crippen molar-refractivity contribution in [2.75, 3.05) is 11.5 Å². The van der Waals surface area contributed by atoms with Crippen LogP contribution in [0.15, 0.2) is 12.2 Å². The van der Waals surface area contributed by atoms with Gasteiger partial charge in [0.05, 0.1) is 4.58 Å². The summed E-state index contributed by atoms with van der Waals surface area (Å²) in [6.45, 7) is 2.10. The van der Waals surface area contributed by atoms with Crippen molar-refractivity contribution in [1.29, 1.82) is 0 Å². The van der Waals surface area contributed by atoms with Crippen molar-refractivity contribution >= 4 is 23.5 Å². The van der Waals surface area contributed by atoms with E-state index in [4.69, 9.17) is 0 Å². The van der Waals surface area contributed by atoms with Crippen LogP contribution in [0.3, 0.4) is 0 Å². The Morgan fingerprint density at radius 3 is 2.73 bits per heavy atom. The van der Waals surface area contributed by atoms with E-state index in [1.54, 1.807) is 0 Å². The molecule has 0 spiro atoms. The molecule has 0 saturated carbocycles. The Kier molecular flexibility index (Phi) is 5.21. The van der Waals surface area contributed by atoms with E-state index in [1.165, 1.54) is 30.8 Å². The van der Waals surface area contributed by atoms with Gasteiger partial charge in [-0.15, -0.1) is 23.5 Å². The SMILES string of the molecule is CC=CCCC1SCCCS1. The Bertz CT molecular complexity index is 115. The fourth-order valence-electron chi connectivity index (χ4n) is 1.10. The smallest absolute Gasteiger partial charge is 0.0505 e. The summed E-state index contributed by atoms with van der Waals surface area (Å²) in [6.07, 6.45) is 8.46. The lowest BCUT2D eigenvalue weighted by atomic mass is 10.3. The van der Waals surface area contributed by atoms with Gasteiger partial charge in [0, 0.05) is 0 Å². The number of hydrogen-bond donors (Lipinski definition) is 0. The largest absolute Gasteiger partial charge is 0.148 e. The van der Waals surface area contributed by atoms with E-state index in [9.17, 15) is 0 Å².